The van der Waals surface area contributed by atoms with Gasteiger partial charge in [0, 0.05) is 13.5 Å². The number of imide groups is 1. The molecule has 1 aliphatic rings. The molecule has 1 saturated heterocycles. The normalized spacial score (nSPS) is 17.7. The van der Waals surface area contributed by atoms with Crippen LogP contribution in [0.25, 0.3) is 0 Å². The van der Waals surface area contributed by atoms with Gasteiger partial charge < -0.3 is 16.0 Å². The van der Waals surface area contributed by atoms with E-state index in [0.717, 1.165) is 16.9 Å². The van der Waals surface area contributed by atoms with Crippen molar-refractivity contribution in [3.05, 3.63) is 35.9 Å². The van der Waals surface area contributed by atoms with Crippen LogP contribution in [0.1, 0.15) is 32.8 Å². The summed E-state index contributed by atoms with van der Waals surface area (Å²) in [4.78, 5) is 51.5. The van der Waals surface area contributed by atoms with Crippen LogP contribution in [-0.2, 0) is 20.8 Å². The molecular weight excluding hydrogens is 360 g/mol. The molecule has 0 bridgehead atoms. The average Bonchev–Trinajstić information content (AvgIpc) is 2.96. The number of hydrogen-bond donors (Lipinski definition) is 2. The van der Waals surface area contributed by atoms with E-state index in [4.69, 9.17) is 5.73 Å². The Balaban J connectivity index is 2.09. The Morgan fingerprint density at radius 1 is 1.21 bits per heavy atom. The molecule has 1 aromatic rings. The van der Waals surface area contributed by atoms with Gasteiger partial charge in [0.05, 0.1) is 6.54 Å². The molecule has 0 radical (unpaired) electrons. The summed E-state index contributed by atoms with van der Waals surface area (Å²) in [7, 11) is 0. The van der Waals surface area contributed by atoms with E-state index in [9.17, 15) is 19.2 Å². The molecule has 5 amide bonds. The maximum absolute atomic E-state index is 12.9. The predicted octanol–water partition coefficient (Wildman–Crippen LogP) is 0.898. The first-order valence-electron chi connectivity index (χ1n) is 9.44. The smallest absolute Gasteiger partial charge is 0.327 e. The Morgan fingerprint density at radius 2 is 1.86 bits per heavy atom. The third-order valence-corrected chi connectivity index (χ3v) is 4.78. The van der Waals surface area contributed by atoms with Crippen LogP contribution in [0.15, 0.2) is 30.3 Å². The van der Waals surface area contributed by atoms with E-state index in [1.54, 1.807) is 13.8 Å². The van der Waals surface area contributed by atoms with Crippen molar-refractivity contribution in [2.24, 2.45) is 11.7 Å². The molecule has 1 aromatic carbocycles. The molecule has 152 valence electrons. The van der Waals surface area contributed by atoms with Crippen LogP contribution in [0.2, 0.25) is 0 Å². The number of nitrogens with one attached hydrogen (secondary N) is 1. The third kappa shape index (κ3) is 5.09. The van der Waals surface area contributed by atoms with Gasteiger partial charge in [-0.25, -0.2) is 9.69 Å². The second kappa shape index (κ2) is 9.34. The molecule has 1 unspecified atom stereocenters. The monoisotopic (exact) mass is 388 g/mol. The summed E-state index contributed by atoms with van der Waals surface area (Å²) in [5, 5.41) is 2.56. The molecule has 28 heavy (non-hydrogen) atoms. The third-order valence-electron chi connectivity index (χ3n) is 4.78. The van der Waals surface area contributed by atoms with E-state index < -0.39 is 29.9 Å². The fourth-order valence-electron chi connectivity index (χ4n) is 3.31. The maximum atomic E-state index is 12.9. The van der Waals surface area contributed by atoms with Gasteiger partial charge in [-0.15, -0.1) is 0 Å². The zero-order valence-electron chi connectivity index (χ0n) is 16.6. The van der Waals surface area contributed by atoms with Crippen molar-refractivity contribution in [1.29, 1.82) is 0 Å². The van der Waals surface area contributed by atoms with Gasteiger partial charge in [-0.3, -0.25) is 14.4 Å². The molecule has 0 saturated carbocycles. The fourth-order valence-corrected chi connectivity index (χ4v) is 3.31. The van der Waals surface area contributed by atoms with Gasteiger partial charge in [-0.1, -0.05) is 44.2 Å². The van der Waals surface area contributed by atoms with Crippen LogP contribution in [-0.4, -0.2) is 58.7 Å². The van der Waals surface area contributed by atoms with Crippen molar-refractivity contribution < 1.29 is 19.2 Å². The number of rotatable bonds is 8. The molecule has 1 fully saturated rings. The van der Waals surface area contributed by atoms with E-state index in [1.807, 2.05) is 30.3 Å². The number of benzene rings is 1. The van der Waals surface area contributed by atoms with Crippen molar-refractivity contribution in [3.63, 3.8) is 0 Å². The highest BCUT2D eigenvalue weighted by atomic mass is 16.2. The average molecular weight is 388 g/mol. The van der Waals surface area contributed by atoms with Crippen LogP contribution in [0, 0.1) is 5.92 Å². The van der Waals surface area contributed by atoms with Crippen LogP contribution < -0.4 is 11.1 Å². The Bertz CT molecular complexity index is 735. The van der Waals surface area contributed by atoms with E-state index in [2.05, 4.69) is 5.32 Å². The predicted molar refractivity (Wildman–Crippen MR) is 104 cm³/mol. The highest BCUT2D eigenvalue weighted by Gasteiger charge is 2.46. The molecular formula is C20H28N4O4. The lowest BCUT2D eigenvalue weighted by molar-refractivity contribution is -0.138. The highest BCUT2D eigenvalue weighted by molar-refractivity contribution is 6.04. The molecule has 0 aliphatic carbocycles. The Kier molecular flexibility index (Phi) is 7.14. The molecule has 1 heterocycles. The van der Waals surface area contributed by atoms with Crippen molar-refractivity contribution in [1.82, 2.24) is 15.1 Å². The Morgan fingerprint density at radius 3 is 2.39 bits per heavy atom. The lowest BCUT2D eigenvalue weighted by Gasteiger charge is -2.27. The van der Waals surface area contributed by atoms with E-state index >= 15 is 0 Å². The van der Waals surface area contributed by atoms with Gasteiger partial charge >= 0.3 is 6.03 Å². The standard InChI is InChI=1S/C20H28N4O4/c1-13(2)17(22-14(3)25)19(27)24-16(18(21)26)12-23(20(24)28)11-7-10-15-8-5-4-6-9-15/h4-6,8-9,13,16-17H,7,10-12H2,1-3H3,(H2,21,26)(H,22,25)/t16?,17-/m0/s1. The highest BCUT2D eigenvalue weighted by Crippen LogP contribution is 2.20. The second-order valence-electron chi connectivity index (χ2n) is 7.37. The number of amides is 5. The van der Waals surface area contributed by atoms with Crippen molar-refractivity contribution in [3.8, 4) is 0 Å². The summed E-state index contributed by atoms with van der Waals surface area (Å²) in [5.41, 5.74) is 6.60. The SMILES string of the molecule is CC(=O)N[C@H](C(=O)N1C(=O)N(CCCc2ccccc2)CC1C(N)=O)C(C)C. The lowest BCUT2D eigenvalue weighted by atomic mass is 10.0. The minimum absolute atomic E-state index is 0.0690. The number of hydrogen-bond acceptors (Lipinski definition) is 4. The van der Waals surface area contributed by atoms with E-state index in [0.29, 0.717) is 13.0 Å². The van der Waals surface area contributed by atoms with Crippen LogP contribution in [0.4, 0.5) is 4.79 Å². The summed E-state index contributed by atoms with van der Waals surface area (Å²) < 4.78 is 0. The van der Waals surface area contributed by atoms with Gasteiger partial charge in [0.15, 0.2) is 0 Å². The summed E-state index contributed by atoms with van der Waals surface area (Å²) in [5.74, 6) is -1.97. The Hall–Kier alpha value is -2.90. The molecule has 2 rings (SSSR count). The number of nitrogens with zero attached hydrogens (tertiary/aromatic N) is 2. The van der Waals surface area contributed by atoms with E-state index in [-0.39, 0.29) is 18.4 Å². The van der Waals surface area contributed by atoms with Crippen LogP contribution >= 0.6 is 0 Å². The van der Waals surface area contributed by atoms with Gasteiger partial charge in [0.25, 0.3) is 5.91 Å². The molecule has 2 atom stereocenters. The number of aryl methyl sites for hydroxylation is 1. The number of primary amides is 1. The molecule has 3 N–H and O–H groups in total. The van der Waals surface area contributed by atoms with Crippen molar-refractivity contribution in [2.75, 3.05) is 13.1 Å². The summed E-state index contributed by atoms with van der Waals surface area (Å²) in [6.07, 6.45) is 1.48. The molecule has 0 aromatic heterocycles. The minimum atomic E-state index is -1.04. The number of urea groups is 1. The zero-order chi connectivity index (χ0) is 20.8. The number of carbonyl (C=O) groups excluding carboxylic acids is 4. The van der Waals surface area contributed by atoms with Crippen LogP contribution in [0.3, 0.4) is 0 Å². The molecule has 8 heteroatoms. The molecule has 0 spiro atoms. The summed E-state index contributed by atoms with van der Waals surface area (Å²) >= 11 is 0. The first-order chi connectivity index (χ1) is 13.2. The van der Waals surface area contributed by atoms with Gasteiger partial charge in [-0.05, 0) is 24.3 Å². The lowest BCUT2D eigenvalue weighted by Crippen LogP contribution is -2.56. The maximum Gasteiger partial charge on any atom is 0.327 e. The van der Waals surface area contributed by atoms with E-state index in [1.165, 1.54) is 11.8 Å². The number of nitrogens with two attached hydrogens (primary N) is 1. The first-order valence-corrected chi connectivity index (χ1v) is 9.44. The number of carbonyl (C=O) groups is 4. The van der Waals surface area contributed by atoms with Crippen molar-refractivity contribution >= 4 is 23.8 Å². The van der Waals surface area contributed by atoms with Gasteiger partial charge in [-0.2, -0.15) is 0 Å². The minimum Gasteiger partial charge on any atom is -0.368 e. The topological polar surface area (TPSA) is 113 Å². The van der Waals surface area contributed by atoms with Crippen LogP contribution in [0.5, 0.6) is 0 Å². The second-order valence-corrected chi connectivity index (χ2v) is 7.37. The molecule has 8 nitrogen and oxygen atoms in total. The van der Waals surface area contributed by atoms with Gasteiger partial charge in [0.1, 0.15) is 12.1 Å². The van der Waals surface area contributed by atoms with Gasteiger partial charge in [0.2, 0.25) is 11.8 Å². The Labute approximate surface area is 165 Å². The largest absolute Gasteiger partial charge is 0.368 e. The fraction of sp³-hybridized carbons (Fsp3) is 0.500. The zero-order valence-corrected chi connectivity index (χ0v) is 16.6. The summed E-state index contributed by atoms with van der Waals surface area (Å²) in [6, 6.07) is 7.39. The summed E-state index contributed by atoms with van der Waals surface area (Å²) in [6.45, 7) is 5.30. The quantitative estimate of drug-likeness (QED) is 0.689. The van der Waals surface area contributed by atoms with Crippen molar-refractivity contribution in [2.45, 2.75) is 45.7 Å². The first kappa shape index (κ1) is 21.4. The molecule has 1 aliphatic heterocycles.